The number of carbonyl (C=O) groups is 1. The maximum atomic E-state index is 12.0. The third kappa shape index (κ3) is 4.51. The highest BCUT2D eigenvalue weighted by atomic mass is 16.7. The van der Waals surface area contributed by atoms with Crippen LogP contribution in [0.4, 0.5) is 10.5 Å². The number of pyridine rings is 1. The van der Waals surface area contributed by atoms with E-state index in [1.165, 1.54) is 0 Å². The van der Waals surface area contributed by atoms with Crippen LogP contribution in [0.2, 0.25) is 0 Å². The molecular formula is C20H17N3O2. The summed E-state index contributed by atoms with van der Waals surface area (Å²) >= 11 is 0. The molecule has 0 saturated carbocycles. The fraction of sp³-hybridized carbons (Fsp3) is 0.0500. The number of anilines is 1. The van der Waals surface area contributed by atoms with E-state index in [0.29, 0.717) is 17.1 Å². The minimum atomic E-state index is -0.659. The van der Waals surface area contributed by atoms with Crippen molar-refractivity contribution in [3.05, 3.63) is 95.8 Å². The molecule has 0 saturated heterocycles. The number of benzene rings is 2. The van der Waals surface area contributed by atoms with Gasteiger partial charge in [-0.05, 0) is 31.2 Å². The van der Waals surface area contributed by atoms with Crippen molar-refractivity contribution in [2.45, 2.75) is 6.92 Å². The maximum Gasteiger partial charge on any atom is 0.437 e. The molecule has 25 heavy (non-hydrogen) atoms. The van der Waals surface area contributed by atoms with Gasteiger partial charge in [0.05, 0.1) is 5.69 Å². The van der Waals surface area contributed by atoms with Crippen LogP contribution in [-0.4, -0.2) is 16.8 Å². The molecule has 0 aliphatic rings. The summed E-state index contributed by atoms with van der Waals surface area (Å²) in [5, 5.41) is 6.66. The van der Waals surface area contributed by atoms with E-state index in [4.69, 9.17) is 4.84 Å². The molecule has 1 amide bonds. The van der Waals surface area contributed by atoms with Crippen molar-refractivity contribution in [3.8, 4) is 0 Å². The molecule has 1 aromatic heterocycles. The lowest BCUT2D eigenvalue weighted by Crippen LogP contribution is -2.13. The molecule has 3 aromatic rings. The normalized spacial score (nSPS) is 11.0. The van der Waals surface area contributed by atoms with Gasteiger partial charge in [0.2, 0.25) is 0 Å². The second-order valence-electron chi connectivity index (χ2n) is 5.39. The molecule has 0 atom stereocenters. The van der Waals surface area contributed by atoms with Gasteiger partial charge in [0.1, 0.15) is 5.71 Å². The maximum absolute atomic E-state index is 12.0. The fourth-order valence-corrected chi connectivity index (χ4v) is 2.21. The van der Waals surface area contributed by atoms with E-state index < -0.39 is 6.09 Å². The molecule has 124 valence electrons. The zero-order valence-electron chi connectivity index (χ0n) is 13.7. The van der Waals surface area contributed by atoms with Gasteiger partial charge in [0.25, 0.3) is 0 Å². The van der Waals surface area contributed by atoms with Crippen LogP contribution in [0.5, 0.6) is 0 Å². The first-order valence-electron chi connectivity index (χ1n) is 7.82. The third-order valence-electron chi connectivity index (χ3n) is 3.47. The average Bonchev–Trinajstić information content (AvgIpc) is 2.66. The van der Waals surface area contributed by atoms with Crippen molar-refractivity contribution in [2.24, 2.45) is 5.16 Å². The summed E-state index contributed by atoms with van der Waals surface area (Å²) in [6.07, 6.45) is 1.01. The van der Waals surface area contributed by atoms with E-state index in [0.717, 1.165) is 11.1 Å². The summed E-state index contributed by atoms with van der Waals surface area (Å²) < 4.78 is 0. The molecule has 0 aliphatic heterocycles. The first-order chi connectivity index (χ1) is 12.2. The van der Waals surface area contributed by atoms with Gasteiger partial charge >= 0.3 is 6.09 Å². The fourth-order valence-electron chi connectivity index (χ4n) is 2.21. The van der Waals surface area contributed by atoms with Crippen molar-refractivity contribution >= 4 is 17.5 Å². The highest BCUT2D eigenvalue weighted by molar-refractivity contribution is 6.11. The van der Waals surface area contributed by atoms with E-state index in [1.807, 2.05) is 67.6 Å². The first kappa shape index (κ1) is 16.4. The highest BCUT2D eigenvalue weighted by Gasteiger charge is 2.10. The number of amides is 1. The van der Waals surface area contributed by atoms with E-state index in [9.17, 15) is 4.79 Å². The molecule has 1 N–H and O–H groups in total. The van der Waals surface area contributed by atoms with E-state index >= 15 is 0 Å². The highest BCUT2D eigenvalue weighted by Crippen LogP contribution is 2.11. The predicted molar refractivity (Wildman–Crippen MR) is 97.6 cm³/mol. The Morgan fingerprint density at radius 2 is 1.68 bits per heavy atom. The molecule has 5 heteroatoms. The molecule has 1 heterocycles. The zero-order valence-corrected chi connectivity index (χ0v) is 13.7. The Morgan fingerprint density at radius 1 is 0.960 bits per heavy atom. The van der Waals surface area contributed by atoms with Gasteiger partial charge in [-0.15, -0.1) is 0 Å². The van der Waals surface area contributed by atoms with Gasteiger partial charge in [-0.3, -0.25) is 15.1 Å². The van der Waals surface area contributed by atoms with Crippen LogP contribution < -0.4 is 5.32 Å². The number of aryl methyl sites for hydroxylation is 1. The van der Waals surface area contributed by atoms with Crippen molar-refractivity contribution < 1.29 is 9.63 Å². The molecule has 0 spiro atoms. The second-order valence-corrected chi connectivity index (χ2v) is 5.39. The number of nitrogens with one attached hydrogen (secondary N) is 1. The van der Waals surface area contributed by atoms with E-state index in [1.54, 1.807) is 18.3 Å². The number of aromatic nitrogens is 1. The Balaban J connectivity index is 1.79. The largest absolute Gasteiger partial charge is 0.437 e. The van der Waals surface area contributed by atoms with E-state index in [2.05, 4.69) is 15.5 Å². The lowest BCUT2D eigenvalue weighted by molar-refractivity contribution is 0.166. The minimum absolute atomic E-state index is 0.486. The zero-order chi connectivity index (χ0) is 17.5. The van der Waals surface area contributed by atoms with Crippen molar-refractivity contribution in [2.75, 3.05) is 5.32 Å². The molecule has 0 radical (unpaired) electrons. The van der Waals surface area contributed by atoms with Crippen LogP contribution in [0.15, 0.2) is 84.1 Å². The summed E-state index contributed by atoms with van der Waals surface area (Å²) in [6.45, 7) is 1.98. The van der Waals surface area contributed by atoms with Gasteiger partial charge in [0, 0.05) is 17.4 Å². The van der Waals surface area contributed by atoms with Crippen LogP contribution >= 0.6 is 0 Å². The number of rotatable bonds is 4. The van der Waals surface area contributed by atoms with Crippen molar-refractivity contribution in [3.63, 3.8) is 0 Å². The van der Waals surface area contributed by atoms with Crippen LogP contribution in [0, 0.1) is 6.92 Å². The lowest BCUT2D eigenvalue weighted by atomic mass is 10.1. The second kappa shape index (κ2) is 7.88. The summed E-state index contributed by atoms with van der Waals surface area (Å²) in [7, 11) is 0. The van der Waals surface area contributed by atoms with Gasteiger partial charge in [0.15, 0.2) is 0 Å². The van der Waals surface area contributed by atoms with Gasteiger partial charge in [-0.2, -0.15) is 0 Å². The number of hydrogen-bond donors (Lipinski definition) is 1. The number of hydrogen-bond acceptors (Lipinski definition) is 4. The molecule has 2 aromatic carbocycles. The number of oxime groups is 1. The van der Waals surface area contributed by atoms with Crippen LogP contribution in [0.25, 0.3) is 0 Å². The lowest BCUT2D eigenvalue weighted by Gasteiger charge is -2.07. The molecule has 0 aliphatic carbocycles. The van der Waals surface area contributed by atoms with Crippen molar-refractivity contribution in [1.82, 2.24) is 4.98 Å². The molecule has 0 unspecified atom stereocenters. The minimum Gasteiger partial charge on any atom is -0.297 e. The van der Waals surface area contributed by atoms with Crippen LogP contribution in [-0.2, 0) is 4.84 Å². The van der Waals surface area contributed by atoms with Crippen molar-refractivity contribution in [1.29, 1.82) is 0 Å². The van der Waals surface area contributed by atoms with Gasteiger partial charge in [-0.25, -0.2) is 4.79 Å². The molecule has 0 fully saturated rings. The average molecular weight is 331 g/mol. The monoisotopic (exact) mass is 331 g/mol. The SMILES string of the molecule is Cc1ccc(NC(=O)O/N=C(\c2ccccc2)c2ccccn2)cc1. The van der Waals surface area contributed by atoms with E-state index in [-0.39, 0.29) is 0 Å². The Morgan fingerprint density at radius 3 is 2.36 bits per heavy atom. The standard InChI is InChI=1S/C20H17N3O2/c1-15-10-12-17(13-11-15)22-20(24)25-23-19(16-7-3-2-4-8-16)18-9-5-6-14-21-18/h2-14H,1H3,(H,22,24)/b23-19+. The Labute approximate surface area is 146 Å². The third-order valence-corrected chi connectivity index (χ3v) is 3.47. The summed E-state index contributed by atoms with van der Waals surface area (Å²) in [5.74, 6) is 0. The Hall–Kier alpha value is -3.47. The quantitative estimate of drug-likeness (QED) is 0.438. The Bertz CT molecular complexity index is 819. The predicted octanol–water partition coefficient (Wildman–Crippen LogP) is 4.39. The summed E-state index contributed by atoms with van der Waals surface area (Å²) in [6, 6.07) is 22.4. The topological polar surface area (TPSA) is 63.6 Å². The first-order valence-corrected chi connectivity index (χ1v) is 7.82. The molecule has 3 rings (SSSR count). The van der Waals surface area contributed by atoms with Crippen LogP contribution in [0.1, 0.15) is 16.8 Å². The number of nitrogens with zero attached hydrogens (tertiary/aromatic N) is 2. The van der Waals surface area contributed by atoms with Gasteiger partial charge < -0.3 is 0 Å². The molecular weight excluding hydrogens is 314 g/mol. The van der Waals surface area contributed by atoms with Crippen LogP contribution in [0.3, 0.4) is 0 Å². The summed E-state index contributed by atoms with van der Waals surface area (Å²) in [5.41, 5.74) is 3.67. The summed E-state index contributed by atoms with van der Waals surface area (Å²) in [4.78, 5) is 21.3. The number of carbonyl (C=O) groups excluding carboxylic acids is 1. The smallest absolute Gasteiger partial charge is 0.297 e. The molecule has 5 nitrogen and oxygen atoms in total. The molecule has 0 bridgehead atoms. The Kier molecular flexibility index (Phi) is 5.16. The van der Waals surface area contributed by atoms with Gasteiger partial charge in [-0.1, -0.05) is 59.3 Å².